The molecule has 0 bridgehead atoms. The van der Waals surface area contributed by atoms with Crippen molar-refractivity contribution in [1.82, 2.24) is 14.5 Å². The highest BCUT2D eigenvalue weighted by atomic mass is 32.2. The summed E-state index contributed by atoms with van der Waals surface area (Å²) in [7, 11) is 0. The summed E-state index contributed by atoms with van der Waals surface area (Å²) in [6.07, 6.45) is 1.59. The van der Waals surface area contributed by atoms with Crippen LogP contribution in [0.2, 0.25) is 0 Å². The van der Waals surface area contributed by atoms with Crippen LogP contribution in [0, 0.1) is 5.82 Å². The molecule has 0 N–H and O–H groups in total. The van der Waals surface area contributed by atoms with Crippen molar-refractivity contribution in [2.24, 2.45) is 0 Å². The highest BCUT2D eigenvalue weighted by Gasteiger charge is 2.14. The first-order chi connectivity index (χ1) is 15.2. The Morgan fingerprint density at radius 2 is 1.87 bits per heavy atom. The molecule has 5 nitrogen and oxygen atoms in total. The summed E-state index contributed by atoms with van der Waals surface area (Å²) in [6, 6.07) is 17.3. The molecule has 0 unspecified atom stereocenters. The molecule has 0 saturated carbocycles. The maximum Gasteiger partial charge on any atom is 0.262 e. The molecule has 5 aromatic rings. The van der Waals surface area contributed by atoms with E-state index < -0.39 is 0 Å². The third kappa shape index (κ3) is 4.17. The van der Waals surface area contributed by atoms with Crippen molar-refractivity contribution >= 4 is 34.0 Å². The average molecular weight is 450 g/mol. The van der Waals surface area contributed by atoms with Crippen LogP contribution in [0.25, 0.3) is 21.5 Å². The molecule has 8 heteroatoms. The zero-order valence-electron chi connectivity index (χ0n) is 16.2. The summed E-state index contributed by atoms with van der Waals surface area (Å²) >= 11 is 2.96. The Morgan fingerprint density at radius 3 is 2.68 bits per heavy atom. The Hall–Kier alpha value is -3.23. The quantitative estimate of drug-likeness (QED) is 0.250. The Labute approximate surface area is 185 Å². The van der Waals surface area contributed by atoms with Gasteiger partial charge in [0.05, 0.1) is 29.4 Å². The van der Waals surface area contributed by atoms with Crippen LogP contribution in [0.1, 0.15) is 11.5 Å². The second kappa shape index (κ2) is 8.49. The van der Waals surface area contributed by atoms with Crippen molar-refractivity contribution in [2.45, 2.75) is 17.5 Å². The fraction of sp³-hybridized carbons (Fsp3) is 0.0870. The lowest BCUT2D eigenvalue weighted by Gasteiger charge is -2.11. The van der Waals surface area contributed by atoms with Crippen molar-refractivity contribution in [3.63, 3.8) is 0 Å². The largest absolute Gasteiger partial charge is 0.467 e. The number of aromatic nitrogens is 3. The third-order valence-corrected chi connectivity index (χ3v) is 6.66. The summed E-state index contributed by atoms with van der Waals surface area (Å²) in [4.78, 5) is 22.5. The molecule has 0 aliphatic rings. The Morgan fingerprint density at radius 1 is 1.03 bits per heavy atom. The van der Waals surface area contributed by atoms with Crippen LogP contribution < -0.4 is 5.56 Å². The van der Waals surface area contributed by atoms with E-state index in [4.69, 9.17) is 9.40 Å². The normalized spacial score (nSPS) is 11.3. The van der Waals surface area contributed by atoms with Gasteiger partial charge in [0.1, 0.15) is 16.6 Å². The molecular weight excluding hydrogens is 433 g/mol. The molecule has 2 aromatic carbocycles. The maximum atomic E-state index is 13.2. The van der Waals surface area contributed by atoms with Gasteiger partial charge in [0, 0.05) is 16.7 Å². The number of nitrogens with zero attached hydrogens (tertiary/aromatic N) is 3. The lowest BCUT2D eigenvalue weighted by molar-refractivity contribution is 0.476. The molecule has 0 amide bonds. The number of para-hydroxylation sites is 1. The lowest BCUT2D eigenvalue weighted by atomic mass is 10.2. The smallest absolute Gasteiger partial charge is 0.262 e. The summed E-state index contributed by atoms with van der Waals surface area (Å²) in [5, 5.41) is 3.99. The Bertz CT molecular complexity index is 1390. The first kappa shape index (κ1) is 19.7. The molecule has 0 aliphatic heterocycles. The van der Waals surface area contributed by atoms with E-state index in [0.717, 1.165) is 16.3 Å². The average Bonchev–Trinajstić information content (AvgIpc) is 3.47. The number of hydrogen-bond donors (Lipinski definition) is 0. The first-order valence-corrected chi connectivity index (χ1v) is 11.4. The number of halogens is 1. The molecule has 31 heavy (non-hydrogen) atoms. The summed E-state index contributed by atoms with van der Waals surface area (Å²) in [6.45, 7) is 0.309. The van der Waals surface area contributed by atoms with Gasteiger partial charge in [-0.25, -0.2) is 14.4 Å². The fourth-order valence-electron chi connectivity index (χ4n) is 3.19. The van der Waals surface area contributed by atoms with Gasteiger partial charge in [-0.05, 0) is 48.5 Å². The molecule has 3 aromatic heterocycles. The minimum atomic E-state index is -0.270. The van der Waals surface area contributed by atoms with Gasteiger partial charge in [-0.2, -0.15) is 0 Å². The molecule has 0 atom stereocenters. The number of furan rings is 1. The fourth-order valence-corrected chi connectivity index (χ4v) is 5.01. The number of rotatable bonds is 6. The maximum absolute atomic E-state index is 13.2. The van der Waals surface area contributed by atoms with Crippen molar-refractivity contribution in [2.75, 3.05) is 0 Å². The number of thioether (sulfide) groups is 1. The molecule has 0 spiro atoms. The van der Waals surface area contributed by atoms with Crippen molar-refractivity contribution in [1.29, 1.82) is 0 Å². The van der Waals surface area contributed by atoms with Gasteiger partial charge < -0.3 is 4.42 Å². The topological polar surface area (TPSA) is 60.9 Å². The zero-order valence-corrected chi connectivity index (χ0v) is 17.8. The highest BCUT2D eigenvalue weighted by Crippen LogP contribution is 2.28. The SMILES string of the molecule is O=c1c2ccccc2nc(SCc2csc(-c3ccc(F)cc3)n2)n1Cc1ccco1. The number of hydrogen-bond acceptors (Lipinski definition) is 6. The van der Waals surface area contributed by atoms with E-state index in [2.05, 4.69) is 4.98 Å². The van der Waals surface area contributed by atoms with Gasteiger partial charge in [0.25, 0.3) is 5.56 Å². The van der Waals surface area contributed by atoms with Crippen LogP contribution in [0.4, 0.5) is 4.39 Å². The van der Waals surface area contributed by atoms with Gasteiger partial charge in [-0.1, -0.05) is 23.9 Å². The van der Waals surface area contributed by atoms with E-state index in [0.29, 0.717) is 34.1 Å². The molecule has 0 aliphatic carbocycles. The van der Waals surface area contributed by atoms with E-state index in [1.807, 2.05) is 29.6 Å². The van der Waals surface area contributed by atoms with Crippen LogP contribution in [0.5, 0.6) is 0 Å². The Kier molecular flexibility index (Phi) is 5.40. The van der Waals surface area contributed by atoms with Crippen LogP contribution in [0.15, 0.2) is 86.7 Å². The summed E-state index contributed by atoms with van der Waals surface area (Å²) in [5.41, 5.74) is 2.31. The van der Waals surface area contributed by atoms with Gasteiger partial charge >= 0.3 is 0 Å². The standard InChI is InChI=1S/C23H16FN3O2S2/c24-16-9-7-15(8-10-16)21-25-17(13-30-21)14-31-23-26-20-6-2-1-5-19(20)22(28)27(23)12-18-4-3-11-29-18/h1-11,13H,12,14H2. The zero-order chi connectivity index (χ0) is 21.2. The lowest BCUT2D eigenvalue weighted by Crippen LogP contribution is -2.23. The second-order valence-corrected chi connectivity index (χ2v) is 8.62. The van der Waals surface area contributed by atoms with Crippen molar-refractivity contribution in [3.05, 3.63) is 99.9 Å². The van der Waals surface area contributed by atoms with Crippen LogP contribution in [-0.4, -0.2) is 14.5 Å². The van der Waals surface area contributed by atoms with E-state index in [1.54, 1.807) is 35.1 Å². The number of fused-ring (bicyclic) bond motifs is 1. The predicted molar refractivity (Wildman–Crippen MR) is 121 cm³/mol. The van der Waals surface area contributed by atoms with E-state index in [9.17, 15) is 9.18 Å². The number of benzene rings is 2. The van der Waals surface area contributed by atoms with E-state index >= 15 is 0 Å². The van der Waals surface area contributed by atoms with Crippen LogP contribution in [0.3, 0.4) is 0 Å². The first-order valence-electron chi connectivity index (χ1n) is 9.52. The molecule has 0 saturated heterocycles. The second-order valence-electron chi connectivity index (χ2n) is 6.82. The molecular formula is C23H16FN3O2S2. The van der Waals surface area contributed by atoms with Crippen molar-refractivity contribution in [3.8, 4) is 10.6 Å². The minimum Gasteiger partial charge on any atom is -0.467 e. The Balaban J connectivity index is 1.44. The van der Waals surface area contributed by atoms with Crippen LogP contribution in [-0.2, 0) is 12.3 Å². The summed E-state index contributed by atoms with van der Waals surface area (Å²) < 4.78 is 20.3. The molecule has 0 fully saturated rings. The van der Waals surface area contributed by atoms with Gasteiger partial charge in [0.2, 0.25) is 0 Å². The van der Waals surface area contributed by atoms with E-state index in [1.165, 1.54) is 35.2 Å². The predicted octanol–water partition coefficient (Wildman–Crippen LogP) is 5.59. The van der Waals surface area contributed by atoms with Gasteiger partial charge in [-0.15, -0.1) is 11.3 Å². The van der Waals surface area contributed by atoms with Crippen LogP contribution >= 0.6 is 23.1 Å². The summed E-state index contributed by atoms with van der Waals surface area (Å²) in [5.74, 6) is 0.974. The van der Waals surface area contributed by atoms with E-state index in [-0.39, 0.29) is 11.4 Å². The third-order valence-electron chi connectivity index (χ3n) is 4.71. The van der Waals surface area contributed by atoms with Crippen molar-refractivity contribution < 1.29 is 8.81 Å². The molecule has 5 rings (SSSR count). The highest BCUT2D eigenvalue weighted by molar-refractivity contribution is 7.98. The number of thiazole rings is 1. The monoisotopic (exact) mass is 449 g/mol. The van der Waals surface area contributed by atoms with Gasteiger partial charge in [-0.3, -0.25) is 9.36 Å². The molecule has 3 heterocycles. The minimum absolute atomic E-state index is 0.102. The molecule has 0 radical (unpaired) electrons. The van der Waals surface area contributed by atoms with Gasteiger partial charge in [0.15, 0.2) is 5.16 Å². The molecule has 154 valence electrons.